The molecule has 0 saturated heterocycles. The molecule has 62 valence electrons. The molecule has 0 spiro atoms. The Morgan fingerprint density at radius 1 is 1.20 bits per heavy atom. The maximum absolute atomic E-state index is 5.13. The predicted octanol–water partition coefficient (Wildman–Crippen LogP) is 0.557. The summed E-state index contributed by atoms with van der Waals surface area (Å²) in [6.07, 6.45) is 0. The standard InChI is InChI=1S/C7H17NO2/c1-7(9-4,10-5)6-8(2)3/h6H2,1-5H3. The first-order valence-electron chi connectivity index (χ1n) is 3.29. The van der Waals surface area contributed by atoms with Crippen LogP contribution in [0.15, 0.2) is 0 Å². The van der Waals surface area contributed by atoms with Crippen LogP contribution in [0.25, 0.3) is 0 Å². The lowest BCUT2D eigenvalue weighted by atomic mass is 10.3. The van der Waals surface area contributed by atoms with Gasteiger partial charge in [-0.15, -0.1) is 0 Å². The largest absolute Gasteiger partial charge is 0.352 e. The maximum atomic E-state index is 5.13. The van der Waals surface area contributed by atoms with Crippen LogP contribution in [0, 0.1) is 0 Å². The SMILES string of the molecule is COC(C)(CN(C)C)OC. The highest BCUT2D eigenvalue weighted by molar-refractivity contribution is 4.64. The first-order chi connectivity index (χ1) is 4.54. The number of likely N-dealkylation sites (N-methyl/N-ethyl adjacent to an activating group) is 1. The van der Waals surface area contributed by atoms with Gasteiger partial charge in [-0.05, 0) is 21.0 Å². The monoisotopic (exact) mass is 147 g/mol. The Morgan fingerprint density at radius 2 is 1.60 bits per heavy atom. The third kappa shape index (κ3) is 3.15. The summed E-state index contributed by atoms with van der Waals surface area (Å²) in [5, 5.41) is 0. The minimum absolute atomic E-state index is 0.469. The van der Waals surface area contributed by atoms with E-state index in [0.717, 1.165) is 6.54 Å². The fourth-order valence-corrected chi connectivity index (χ4v) is 0.787. The third-order valence-corrected chi connectivity index (χ3v) is 1.47. The molecular formula is C7H17NO2. The molecule has 0 radical (unpaired) electrons. The molecule has 0 bridgehead atoms. The van der Waals surface area contributed by atoms with Gasteiger partial charge >= 0.3 is 0 Å². The molecule has 10 heavy (non-hydrogen) atoms. The predicted molar refractivity (Wildman–Crippen MR) is 41.0 cm³/mol. The number of methoxy groups -OCH3 is 2. The summed E-state index contributed by atoms with van der Waals surface area (Å²) in [7, 11) is 7.26. The molecule has 0 aliphatic heterocycles. The van der Waals surface area contributed by atoms with Gasteiger partial charge in [-0.3, -0.25) is 0 Å². The van der Waals surface area contributed by atoms with E-state index in [4.69, 9.17) is 9.47 Å². The summed E-state index contributed by atoms with van der Waals surface area (Å²) in [5.74, 6) is -0.469. The topological polar surface area (TPSA) is 21.7 Å². The van der Waals surface area contributed by atoms with Crippen LogP contribution in [-0.2, 0) is 9.47 Å². The highest BCUT2D eigenvalue weighted by Gasteiger charge is 2.22. The van der Waals surface area contributed by atoms with Gasteiger partial charge in [-0.1, -0.05) is 0 Å². The minimum atomic E-state index is -0.469. The zero-order valence-electron chi connectivity index (χ0n) is 7.47. The zero-order chi connectivity index (χ0) is 8.20. The van der Waals surface area contributed by atoms with Crippen LogP contribution in [0.5, 0.6) is 0 Å². The first-order valence-corrected chi connectivity index (χ1v) is 3.29. The summed E-state index contributed by atoms with van der Waals surface area (Å²) in [5.41, 5.74) is 0. The molecule has 0 aliphatic carbocycles. The summed E-state index contributed by atoms with van der Waals surface area (Å²) >= 11 is 0. The van der Waals surface area contributed by atoms with Crippen LogP contribution in [-0.4, -0.2) is 45.5 Å². The van der Waals surface area contributed by atoms with Crippen molar-refractivity contribution in [2.45, 2.75) is 12.7 Å². The molecule has 0 aromatic carbocycles. The summed E-state index contributed by atoms with van der Waals surface area (Å²) in [6, 6.07) is 0. The second kappa shape index (κ2) is 3.91. The zero-order valence-corrected chi connectivity index (χ0v) is 7.47. The van der Waals surface area contributed by atoms with E-state index in [1.165, 1.54) is 0 Å². The van der Waals surface area contributed by atoms with Crippen molar-refractivity contribution < 1.29 is 9.47 Å². The molecule has 0 saturated carbocycles. The van der Waals surface area contributed by atoms with E-state index in [2.05, 4.69) is 0 Å². The Morgan fingerprint density at radius 3 is 1.70 bits per heavy atom. The van der Waals surface area contributed by atoms with E-state index in [9.17, 15) is 0 Å². The van der Waals surface area contributed by atoms with Gasteiger partial charge in [-0.2, -0.15) is 0 Å². The number of ether oxygens (including phenoxy) is 2. The van der Waals surface area contributed by atoms with E-state index in [1.54, 1.807) is 14.2 Å². The van der Waals surface area contributed by atoms with Crippen molar-refractivity contribution in [3.8, 4) is 0 Å². The molecule has 0 unspecified atom stereocenters. The van der Waals surface area contributed by atoms with Gasteiger partial charge < -0.3 is 14.4 Å². The Bertz CT molecular complexity index is 89.6. The molecule has 3 nitrogen and oxygen atoms in total. The van der Waals surface area contributed by atoms with Crippen molar-refractivity contribution in [1.29, 1.82) is 0 Å². The molecule has 0 rings (SSSR count). The summed E-state index contributed by atoms with van der Waals surface area (Å²) < 4.78 is 10.3. The summed E-state index contributed by atoms with van der Waals surface area (Å²) in [6.45, 7) is 2.67. The molecule has 0 heterocycles. The fraction of sp³-hybridized carbons (Fsp3) is 1.00. The number of hydrogen-bond donors (Lipinski definition) is 0. The molecule has 0 aromatic rings. The average molecular weight is 147 g/mol. The van der Waals surface area contributed by atoms with E-state index >= 15 is 0 Å². The Labute approximate surface area is 62.9 Å². The normalized spacial score (nSPS) is 12.6. The van der Waals surface area contributed by atoms with Gasteiger partial charge in [0.15, 0.2) is 5.79 Å². The fourth-order valence-electron chi connectivity index (χ4n) is 0.787. The first kappa shape index (κ1) is 9.88. The molecular weight excluding hydrogens is 130 g/mol. The molecule has 0 aliphatic rings. The number of nitrogens with zero attached hydrogens (tertiary/aromatic N) is 1. The van der Waals surface area contributed by atoms with E-state index in [-0.39, 0.29) is 0 Å². The molecule has 3 heteroatoms. The Balaban J connectivity index is 3.80. The molecule has 0 amide bonds. The van der Waals surface area contributed by atoms with Crippen molar-refractivity contribution >= 4 is 0 Å². The summed E-state index contributed by atoms with van der Waals surface area (Å²) in [4.78, 5) is 2.02. The maximum Gasteiger partial charge on any atom is 0.177 e. The number of rotatable bonds is 4. The van der Waals surface area contributed by atoms with Gasteiger partial charge in [0.2, 0.25) is 0 Å². The molecule has 0 aromatic heterocycles. The van der Waals surface area contributed by atoms with Crippen LogP contribution in [0.4, 0.5) is 0 Å². The van der Waals surface area contributed by atoms with Crippen LogP contribution >= 0.6 is 0 Å². The molecule has 0 fully saturated rings. The Kier molecular flexibility index (Phi) is 3.86. The van der Waals surface area contributed by atoms with Gasteiger partial charge in [0.25, 0.3) is 0 Å². The lowest BCUT2D eigenvalue weighted by molar-refractivity contribution is -0.199. The quantitative estimate of drug-likeness (QED) is 0.542. The molecule has 0 N–H and O–H groups in total. The lowest BCUT2D eigenvalue weighted by Gasteiger charge is -2.29. The lowest BCUT2D eigenvalue weighted by Crippen LogP contribution is -2.40. The van der Waals surface area contributed by atoms with E-state index in [0.29, 0.717) is 0 Å². The van der Waals surface area contributed by atoms with E-state index in [1.807, 2.05) is 25.9 Å². The van der Waals surface area contributed by atoms with Gasteiger partial charge in [0, 0.05) is 14.2 Å². The van der Waals surface area contributed by atoms with E-state index < -0.39 is 5.79 Å². The molecule has 0 atom stereocenters. The van der Waals surface area contributed by atoms with Gasteiger partial charge in [-0.25, -0.2) is 0 Å². The third-order valence-electron chi connectivity index (χ3n) is 1.47. The van der Waals surface area contributed by atoms with Gasteiger partial charge in [0.1, 0.15) is 0 Å². The Hall–Kier alpha value is -0.120. The van der Waals surface area contributed by atoms with Crippen LogP contribution in [0.3, 0.4) is 0 Å². The number of hydrogen-bond acceptors (Lipinski definition) is 3. The van der Waals surface area contributed by atoms with Crippen LogP contribution in [0.2, 0.25) is 0 Å². The smallest absolute Gasteiger partial charge is 0.177 e. The highest BCUT2D eigenvalue weighted by atomic mass is 16.7. The second-order valence-electron chi connectivity index (χ2n) is 2.78. The second-order valence-corrected chi connectivity index (χ2v) is 2.78. The van der Waals surface area contributed by atoms with Crippen molar-refractivity contribution in [3.05, 3.63) is 0 Å². The average Bonchev–Trinajstić information content (AvgIpc) is 1.87. The van der Waals surface area contributed by atoms with Gasteiger partial charge in [0.05, 0.1) is 6.54 Å². The van der Waals surface area contributed by atoms with Crippen molar-refractivity contribution in [2.75, 3.05) is 34.9 Å². The highest BCUT2D eigenvalue weighted by Crippen LogP contribution is 2.09. The van der Waals surface area contributed by atoms with Crippen molar-refractivity contribution in [2.24, 2.45) is 0 Å². The van der Waals surface area contributed by atoms with Crippen molar-refractivity contribution in [3.63, 3.8) is 0 Å². The van der Waals surface area contributed by atoms with Crippen molar-refractivity contribution in [1.82, 2.24) is 4.90 Å². The minimum Gasteiger partial charge on any atom is -0.352 e. The van der Waals surface area contributed by atoms with Crippen LogP contribution in [0.1, 0.15) is 6.92 Å². The van der Waals surface area contributed by atoms with Crippen LogP contribution < -0.4 is 0 Å².